The standard InChI is InChI=1S/C19H29FN2O/c20-18-12-16(14-21-13-15-4-2-1-3-5-15)6-7-19(18)22-10-8-17(23)9-11-22/h6-7,12,15,17,21,23H,1-5,8-11,13-14H2. The van der Waals surface area contributed by atoms with E-state index >= 15 is 0 Å². The highest BCUT2D eigenvalue weighted by Gasteiger charge is 2.19. The average molecular weight is 320 g/mol. The lowest BCUT2D eigenvalue weighted by Gasteiger charge is -2.31. The van der Waals surface area contributed by atoms with Crippen LogP contribution in [-0.4, -0.2) is 30.8 Å². The van der Waals surface area contributed by atoms with Gasteiger partial charge in [0, 0.05) is 19.6 Å². The largest absolute Gasteiger partial charge is 0.393 e. The lowest BCUT2D eigenvalue weighted by molar-refractivity contribution is 0.145. The molecule has 2 N–H and O–H groups in total. The zero-order valence-electron chi connectivity index (χ0n) is 13.9. The van der Waals surface area contributed by atoms with Crippen molar-refractivity contribution in [2.75, 3.05) is 24.5 Å². The first kappa shape index (κ1) is 16.7. The Balaban J connectivity index is 1.50. The normalized spacial score (nSPS) is 20.9. The van der Waals surface area contributed by atoms with Gasteiger partial charge >= 0.3 is 0 Å². The molecule has 2 aliphatic rings. The maximum absolute atomic E-state index is 14.4. The molecular weight excluding hydrogens is 291 g/mol. The van der Waals surface area contributed by atoms with Crippen LogP contribution in [0.5, 0.6) is 0 Å². The summed E-state index contributed by atoms with van der Waals surface area (Å²) in [6, 6.07) is 5.58. The lowest BCUT2D eigenvalue weighted by Crippen LogP contribution is -2.36. The number of halogens is 1. The smallest absolute Gasteiger partial charge is 0.146 e. The van der Waals surface area contributed by atoms with Crippen LogP contribution in [0.25, 0.3) is 0 Å². The fourth-order valence-electron chi connectivity index (χ4n) is 3.84. The van der Waals surface area contributed by atoms with Crippen molar-refractivity contribution in [2.45, 2.75) is 57.6 Å². The first-order valence-electron chi connectivity index (χ1n) is 9.14. The molecule has 23 heavy (non-hydrogen) atoms. The monoisotopic (exact) mass is 320 g/mol. The third-order valence-corrected chi connectivity index (χ3v) is 5.30. The third kappa shape index (κ3) is 4.67. The van der Waals surface area contributed by atoms with Crippen molar-refractivity contribution in [2.24, 2.45) is 5.92 Å². The number of aliphatic hydroxyl groups excluding tert-OH is 1. The number of hydrogen-bond acceptors (Lipinski definition) is 3. The molecule has 1 heterocycles. The van der Waals surface area contributed by atoms with Crippen molar-refractivity contribution in [3.05, 3.63) is 29.6 Å². The SMILES string of the molecule is OC1CCN(c2ccc(CNCC3CCCCC3)cc2F)CC1. The van der Waals surface area contributed by atoms with Crippen LogP contribution in [0.3, 0.4) is 0 Å². The fourth-order valence-corrected chi connectivity index (χ4v) is 3.84. The third-order valence-electron chi connectivity index (χ3n) is 5.30. The van der Waals surface area contributed by atoms with Gasteiger partial charge in [-0.2, -0.15) is 0 Å². The van der Waals surface area contributed by atoms with E-state index in [-0.39, 0.29) is 11.9 Å². The van der Waals surface area contributed by atoms with Crippen LogP contribution in [-0.2, 0) is 6.54 Å². The Morgan fingerprint density at radius 3 is 2.52 bits per heavy atom. The maximum Gasteiger partial charge on any atom is 0.146 e. The molecule has 1 saturated carbocycles. The van der Waals surface area contributed by atoms with E-state index in [0.717, 1.165) is 50.5 Å². The highest BCUT2D eigenvalue weighted by molar-refractivity contribution is 5.49. The molecule has 0 bridgehead atoms. The second-order valence-corrected chi connectivity index (χ2v) is 7.14. The summed E-state index contributed by atoms with van der Waals surface area (Å²) in [4.78, 5) is 2.04. The van der Waals surface area contributed by atoms with Gasteiger partial charge in [0.25, 0.3) is 0 Å². The highest BCUT2D eigenvalue weighted by Crippen LogP contribution is 2.25. The highest BCUT2D eigenvalue weighted by atomic mass is 19.1. The van der Waals surface area contributed by atoms with Crippen molar-refractivity contribution in [1.29, 1.82) is 0 Å². The summed E-state index contributed by atoms with van der Waals surface area (Å²) in [5, 5.41) is 13.1. The van der Waals surface area contributed by atoms with Crippen LogP contribution in [0.4, 0.5) is 10.1 Å². The second kappa shape index (κ2) is 8.11. The molecule has 1 aliphatic carbocycles. The number of aliphatic hydroxyl groups is 1. The van der Waals surface area contributed by atoms with Gasteiger partial charge in [-0.3, -0.25) is 0 Å². The summed E-state index contributed by atoms with van der Waals surface area (Å²) in [5.41, 5.74) is 1.69. The van der Waals surface area contributed by atoms with E-state index in [1.807, 2.05) is 17.0 Å². The molecule has 3 rings (SSSR count). The summed E-state index contributed by atoms with van der Waals surface area (Å²) < 4.78 is 14.4. The zero-order chi connectivity index (χ0) is 16.1. The van der Waals surface area contributed by atoms with Gasteiger partial charge in [-0.1, -0.05) is 25.3 Å². The molecule has 3 nitrogen and oxygen atoms in total. The molecule has 1 aromatic carbocycles. The minimum absolute atomic E-state index is 0.140. The van der Waals surface area contributed by atoms with Crippen LogP contribution >= 0.6 is 0 Å². The van der Waals surface area contributed by atoms with Crippen LogP contribution < -0.4 is 10.2 Å². The number of anilines is 1. The first-order chi connectivity index (χ1) is 11.2. The Kier molecular flexibility index (Phi) is 5.90. The van der Waals surface area contributed by atoms with E-state index in [1.165, 1.54) is 32.1 Å². The number of nitrogens with one attached hydrogen (secondary N) is 1. The summed E-state index contributed by atoms with van der Waals surface area (Å²) in [7, 11) is 0. The van der Waals surface area contributed by atoms with E-state index in [9.17, 15) is 9.50 Å². The molecule has 1 aliphatic heterocycles. The summed E-state index contributed by atoms with van der Waals surface area (Å²) >= 11 is 0. The predicted octanol–water partition coefficient (Wildman–Crippen LogP) is 3.46. The van der Waals surface area contributed by atoms with Gasteiger partial charge in [0.05, 0.1) is 11.8 Å². The van der Waals surface area contributed by atoms with Crippen molar-refractivity contribution >= 4 is 5.69 Å². The molecule has 0 atom stereocenters. The van der Waals surface area contributed by atoms with E-state index in [2.05, 4.69) is 5.32 Å². The minimum atomic E-state index is -0.224. The number of piperidine rings is 1. The Bertz CT molecular complexity index is 494. The molecule has 2 fully saturated rings. The minimum Gasteiger partial charge on any atom is -0.393 e. The molecule has 1 saturated heterocycles. The Hall–Kier alpha value is -1.13. The van der Waals surface area contributed by atoms with Gasteiger partial charge in [0.2, 0.25) is 0 Å². The Morgan fingerprint density at radius 2 is 1.83 bits per heavy atom. The predicted molar refractivity (Wildman–Crippen MR) is 92.1 cm³/mol. The van der Waals surface area contributed by atoms with Crippen molar-refractivity contribution in [3.63, 3.8) is 0 Å². The van der Waals surface area contributed by atoms with Gasteiger partial charge in [-0.25, -0.2) is 4.39 Å². The molecule has 0 aromatic heterocycles. The van der Waals surface area contributed by atoms with Crippen LogP contribution in [0, 0.1) is 11.7 Å². The van der Waals surface area contributed by atoms with Crippen LogP contribution in [0.1, 0.15) is 50.5 Å². The Labute approximate surface area is 138 Å². The molecule has 0 radical (unpaired) electrons. The van der Waals surface area contributed by atoms with Gasteiger partial charge < -0.3 is 15.3 Å². The molecule has 0 unspecified atom stereocenters. The molecule has 128 valence electrons. The molecule has 1 aromatic rings. The van der Waals surface area contributed by atoms with Gasteiger partial charge in [0.1, 0.15) is 5.82 Å². The van der Waals surface area contributed by atoms with Crippen LogP contribution in [0.15, 0.2) is 18.2 Å². The van der Waals surface area contributed by atoms with Gasteiger partial charge in [-0.05, 0) is 55.8 Å². The van der Waals surface area contributed by atoms with Gasteiger partial charge in [-0.15, -0.1) is 0 Å². The van der Waals surface area contributed by atoms with E-state index in [4.69, 9.17) is 0 Å². The van der Waals surface area contributed by atoms with Gasteiger partial charge in [0.15, 0.2) is 0 Å². The molecule has 0 spiro atoms. The summed E-state index contributed by atoms with van der Waals surface area (Å²) in [5.74, 6) is 0.658. The fraction of sp³-hybridized carbons (Fsp3) is 0.684. The topological polar surface area (TPSA) is 35.5 Å². The zero-order valence-corrected chi connectivity index (χ0v) is 13.9. The molecule has 0 amide bonds. The Morgan fingerprint density at radius 1 is 1.09 bits per heavy atom. The average Bonchev–Trinajstić information content (AvgIpc) is 2.57. The quantitative estimate of drug-likeness (QED) is 0.872. The molecular formula is C19H29FN2O. The van der Waals surface area contributed by atoms with Crippen molar-refractivity contribution < 1.29 is 9.50 Å². The number of nitrogens with zero attached hydrogens (tertiary/aromatic N) is 1. The summed E-state index contributed by atoms with van der Waals surface area (Å²) in [6.45, 7) is 3.26. The summed E-state index contributed by atoms with van der Waals surface area (Å²) in [6.07, 6.45) is 8.01. The number of benzene rings is 1. The van der Waals surface area contributed by atoms with Crippen LogP contribution in [0.2, 0.25) is 0 Å². The molecule has 4 heteroatoms. The van der Waals surface area contributed by atoms with Crippen molar-refractivity contribution in [1.82, 2.24) is 5.32 Å². The van der Waals surface area contributed by atoms with E-state index in [0.29, 0.717) is 5.69 Å². The van der Waals surface area contributed by atoms with Crippen molar-refractivity contribution in [3.8, 4) is 0 Å². The maximum atomic E-state index is 14.4. The number of rotatable bonds is 5. The van der Waals surface area contributed by atoms with E-state index < -0.39 is 0 Å². The first-order valence-corrected chi connectivity index (χ1v) is 9.14. The van der Waals surface area contributed by atoms with E-state index in [1.54, 1.807) is 6.07 Å². The lowest BCUT2D eigenvalue weighted by atomic mass is 9.89. The second-order valence-electron chi connectivity index (χ2n) is 7.14. The number of hydrogen-bond donors (Lipinski definition) is 2.